The Kier molecular flexibility index (Phi) is 4.13. The summed E-state index contributed by atoms with van der Waals surface area (Å²) in [6.07, 6.45) is 7.74. The zero-order chi connectivity index (χ0) is 13.1. The van der Waals surface area contributed by atoms with E-state index in [1.807, 2.05) is 6.26 Å². The lowest BCUT2D eigenvalue weighted by Crippen LogP contribution is -2.43. The summed E-state index contributed by atoms with van der Waals surface area (Å²) in [4.78, 5) is 8.48. The normalized spacial score (nSPS) is 16.8. The fourth-order valence-corrected chi connectivity index (χ4v) is 2.64. The minimum absolute atomic E-state index is 0.296. The zero-order valence-corrected chi connectivity index (χ0v) is 11.4. The molecule has 0 radical (unpaired) electrons. The summed E-state index contributed by atoms with van der Waals surface area (Å²) in [6.45, 7) is 0. The number of thioether (sulfide) groups is 1. The molecular formula is C11H20N6S. The Morgan fingerprint density at radius 3 is 2.44 bits per heavy atom. The van der Waals surface area contributed by atoms with E-state index < -0.39 is 0 Å². The summed E-state index contributed by atoms with van der Waals surface area (Å²) in [7, 11) is 0. The van der Waals surface area contributed by atoms with Crippen LogP contribution in [0.5, 0.6) is 0 Å². The van der Waals surface area contributed by atoms with E-state index in [4.69, 9.17) is 17.3 Å². The largest absolute Gasteiger partial charge is 0.393 e. The molecule has 0 bridgehead atoms. The molecule has 0 aromatic carbocycles. The maximum absolute atomic E-state index is 6.16. The van der Waals surface area contributed by atoms with Gasteiger partial charge in [0.05, 0.1) is 0 Å². The van der Waals surface area contributed by atoms with Crippen LogP contribution < -0.4 is 22.3 Å². The molecule has 0 aliphatic heterocycles. The molecule has 0 unspecified atom stereocenters. The van der Waals surface area contributed by atoms with Gasteiger partial charge in [-0.3, -0.25) is 5.01 Å². The van der Waals surface area contributed by atoms with E-state index in [-0.39, 0.29) is 0 Å². The SMILES string of the molecule is CSc1nc(N)c(N)c(N(N)C2CCCCC2)n1. The van der Waals surface area contributed by atoms with E-state index in [1.54, 1.807) is 5.01 Å². The molecule has 100 valence electrons. The van der Waals surface area contributed by atoms with Crippen LogP contribution in [0, 0.1) is 0 Å². The highest BCUT2D eigenvalue weighted by Crippen LogP contribution is 2.30. The van der Waals surface area contributed by atoms with Gasteiger partial charge in [0.2, 0.25) is 0 Å². The number of hydrogen-bond acceptors (Lipinski definition) is 7. The molecule has 0 amide bonds. The molecule has 1 fully saturated rings. The van der Waals surface area contributed by atoms with Crippen molar-refractivity contribution in [3.8, 4) is 0 Å². The first-order valence-corrected chi connectivity index (χ1v) is 7.37. The van der Waals surface area contributed by atoms with Crippen molar-refractivity contribution < 1.29 is 0 Å². The summed E-state index contributed by atoms with van der Waals surface area (Å²) in [5, 5.41) is 2.27. The van der Waals surface area contributed by atoms with Gasteiger partial charge in [0.1, 0.15) is 5.69 Å². The molecule has 1 saturated carbocycles. The van der Waals surface area contributed by atoms with Gasteiger partial charge in [-0.25, -0.2) is 15.8 Å². The van der Waals surface area contributed by atoms with Gasteiger partial charge in [-0.1, -0.05) is 31.0 Å². The summed E-state index contributed by atoms with van der Waals surface area (Å²) < 4.78 is 0. The van der Waals surface area contributed by atoms with Crippen molar-refractivity contribution in [2.24, 2.45) is 5.84 Å². The van der Waals surface area contributed by atoms with Crippen molar-refractivity contribution >= 4 is 29.1 Å². The minimum atomic E-state index is 0.296. The van der Waals surface area contributed by atoms with Crippen LogP contribution in [0.3, 0.4) is 0 Å². The molecule has 2 rings (SSSR count). The number of hydrogen-bond donors (Lipinski definition) is 3. The highest BCUT2D eigenvalue weighted by Gasteiger charge is 2.23. The molecule has 7 heteroatoms. The van der Waals surface area contributed by atoms with Crippen LogP contribution in [0.1, 0.15) is 32.1 Å². The standard InChI is InChI=1S/C11H20N6S/c1-18-11-15-9(13)8(12)10(16-11)17(14)7-5-3-2-4-6-7/h7H,2-6,12,14H2,1H3,(H2,13,15,16). The van der Waals surface area contributed by atoms with Crippen LogP contribution in [-0.4, -0.2) is 22.3 Å². The minimum Gasteiger partial charge on any atom is -0.393 e. The predicted octanol–water partition coefficient (Wildman–Crippen LogP) is 1.38. The number of nitrogens with two attached hydrogens (primary N) is 3. The van der Waals surface area contributed by atoms with Crippen LogP contribution in [0.25, 0.3) is 0 Å². The Morgan fingerprint density at radius 1 is 1.17 bits per heavy atom. The fourth-order valence-electron chi connectivity index (χ4n) is 2.27. The quantitative estimate of drug-likeness (QED) is 0.329. The second-order valence-electron chi connectivity index (χ2n) is 4.53. The third-order valence-electron chi connectivity index (χ3n) is 3.33. The van der Waals surface area contributed by atoms with Gasteiger partial charge in [0, 0.05) is 6.04 Å². The third-order valence-corrected chi connectivity index (χ3v) is 3.88. The second-order valence-corrected chi connectivity index (χ2v) is 5.31. The predicted molar refractivity (Wildman–Crippen MR) is 76.2 cm³/mol. The number of nitrogens with zero attached hydrogens (tertiary/aromatic N) is 3. The van der Waals surface area contributed by atoms with Gasteiger partial charge in [0.15, 0.2) is 16.8 Å². The van der Waals surface area contributed by atoms with E-state index in [0.29, 0.717) is 28.5 Å². The molecule has 0 atom stereocenters. The molecule has 6 nitrogen and oxygen atoms in total. The number of rotatable bonds is 3. The third kappa shape index (κ3) is 2.62. The molecule has 1 aromatic heterocycles. The first-order valence-electron chi connectivity index (χ1n) is 6.14. The Bertz CT molecular complexity index is 418. The van der Waals surface area contributed by atoms with Crippen LogP contribution >= 0.6 is 11.8 Å². The van der Waals surface area contributed by atoms with E-state index in [1.165, 1.54) is 31.0 Å². The molecular weight excluding hydrogens is 248 g/mol. The van der Waals surface area contributed by atoms with Crippen molar-refractivity contribution in [2.45, 2.75) is 43.3 Å². The summed E-state index contributed by atoms with van der Waals surface area (Å²) in [5.74, 6) is 7.02. The van der Waals surface area contributed by atoms with Crippen molar-refractivity contribution in [1.29, 1.82) is 0 Å². The lowest BCUT2D eigenvalue weighted by Gasteiger charge is -2.32. The summed E-state index contributed by atoms with van der Waals surface area (Å²) in [6, 6.07) is 0.296. The molecule has 0 spiro atoms. The second kappa shape index (κ2) is 5.62. The van der Waals surface area contributed by atoms with E-state index in [9.17, 15) is 0 Å². The average Bonchev–Trinajstić information content (AvgIpc) is 2.42. The van der Waals surface area contributed by atoms with Crippen molar-refractivity contribution in [3.05, 3.63) is 0 Å². The number of hydrazine groups is 1. The van der Waals surface area contributed by atoms with Crippen LogP contribution in [-0.2, 0) is 0 Å². The number of nitrogen functional groups attached to an aromatic ring is 2. The van der Waals surface area contributed by atoms with Crippen LogP contribution in [0.4, 0.5) is 17.3 Å². The molecule has 18 heavy (non-hydrogen) atoms. The van der Waals surface area contributed by atoms with E-state index in [0.717, 1.165) is 12.8 Å². The summed E-state index contributed by atoms with van der Waals surface area (Å²) >= 11 is 1.43. The Labute approximate surface area is 111 Å². The van der Waals surface area contributed by atoms with Gasteiger partial charge in [0.25, 0.3) is 0 Å². The Morgan fingerprint density at radius 2 is 1.83 bits per heavy atom. The molecule has 0 saturated heterocycles. The number of anilines is 3. The molecule has 1 heterocycles. The lowest BCUT2D eigenvalue weighted by atomic mass is 9.95. The van der Waals surface area contributed by atoms with Crippen molar-refractivity contribution in [2.75, 3.05) is 22.7 Å². The van der Waals surface area contributed by atoms with Crippen LogP contribution in [0.15, 0.2) is 5.16 Å². The van der Waals surface area contributed by atoms with Crippen molar-refractivity contribution in [1.82, 2.24) is 9.97 Å². The highest BCUT2D eigenvalue weighted by atomic mass is 32.2. The first kappa shape index (κ1) is 13.2. The topological polar surface area (TPSA) is 107 Å². The molecule has 6 N–H and O–H groups in total. The Hall–Kier alpha value is -1.21. The lowest BCUT2D eigenvalue weighted by molar-refractivity contribution is 0.415. The number of aromatic nitrogens is 2. The van der Waals surface area contributed by atoms with Crippen molar-refractivity contribution in [3.63, 3.8) is 0 Å². The van der Waals surface area contributed by atoms with Gasteiger partial charge < -0.3 is 11.5 Å². The molecule has 1 aliphatic rings. The average molecular weight is 268 g/mol. The van der Waals surface area contributed by atoms with Gasteiger partial charge in [-0.15, -0.1) is 0 Å². The van der Waals surface area contributed by atoms with Crippen LogP contribution in [0.2, 0.25) is 0 Å². The summed E-state index contributed by atoms with van der Waals surface area (Å²) in [5.41, 5.74) is 12.1. The monoisotopic (exact) mass is 268 g/mol. The molecule has 1 aromatic rings. The highest BCUT2D eigenvalue weighted by molar-refractivity contribution is 7.98. The van der Waals surface area contributed by atoms with E-state index in [2.05, 4.69) is 9.97 Å². The maximum Gasteiger partial charge on any atom is 0.191 e. The first-order chi connectivity index (χ1) is 8.63. The Balaban J connectivity index is 2.27. The maximum atomic E-state index is 6.16. The zero-order valence-electron chi connectivity index (χ0n) is 10.6. The fraction of sp³-hybridized carbons (Fsp3) is 0.636. The van der Waals surface area contributed by atoms with Gasteiger partial charge in [-0.05, 0) is 19.1 Å². The van der Waals surface area contributed by atoms with E-state index >= 15 is 0 Å². The molecule has 1 aliphatic carbocycles. The van der Waals surface area contributed by atoms with Gasteiger partial charge in [-0.2, -0.15) is 0 Å². The smallest absolute Gasteiger partial charge is 0.191 e. The van der Waals surface area contributed by atoms with Gasteiger partial charge >= 0.3 is 0 Å².